The van der Waals surface area contributed by atoms with Crippen molar-refractivity contribution >= 4 is 23.4 Å². The molecule has 0 aliphatic rings. The molecule has 1 aromatic rings. The number of halogens is 1. The molecule has 0 aliphatic heterocycles. The second kappa shape index (κ2) is 5.61. The van der Waals surface area contributed by atoms with Gasteiger partial charge in [-0.3, -0.25) is 4.57 Å². The molecule has 14 heavy (non-hydrogen) atoms. The molecule has 0 fully saturated rings. The molecule has 0 aromatic carbocycles. The zero-order valence-corrected chi connectivity index (χ0v) is 10.4. The van der Waals surface area contributed by atoms with Gasteiger partial charge in [-0.05, 0) is 43.4 Å². The molecule has 1 unspecified atom stereocenters. The maximum Gasteiger partial charge on any atom is 0.225 e. The van der Waals surface area contributed by atoms with Crippen LogP contribution in [0.2, 0.25) is 5.28 Å². The Morgan fingerprint density at radius 1 is 1.50 bits per heavy atom. The zero-order chi connectivity index (χ0) is 10.6. The normalized spacial score (nSPS) is 13.1. The van der Waals surface area contributed by atoms with E-state index in [1.165, 1.54) is 5.75 Å². The summed E-state index contributed by atoms with van der Waals surface area (Å²) >= 11 is 7.88. The van der Waals surface area contributed by atoms with Crippen LogP contribution in [0, 0.1) is 6.92 Å². The molecule has 0 bridgehead atoms. The van der Waals surface area contributed by atoms with E-state index in [0.717, 1.165) is 18.0 Å². The van der Waals surface area contributed by atoms with Crippen LogP contribution in [0.3, 0.4) is 0 Å². The average molecular weight is 234 g/mol. The molecular formula is C9H16ClN3S. The highest BCUT2D eigenvalue weighted by Crippen LogP contribution is 2.20. The van der Waals surface area contributed by atoms with Crippen LogP contribution in [0.1, 0.15) is 32.1 Å². The van der Waals surface area contributed by atoms with Gasteiger partial charge in [-0.2, -0.15) is 11.8 Å². The minimum Gasteiger partial charge on any atom is -0.299 e. The van der Waals surface area contributed by atoms with Crippen LogP contribution in [0.5, 0.6) is 0 Å². The van der Waals surface area contributed by atoms with Gasteiger partial charge in [0.1, 0.15) is 5.82 Å². The summed E-state index contributed by atoms with van der Waals surface area (Å²) in [4.78, 5) is 0. The van der Waals surface area contributed by atoms with Crippen molar-refractivity contribution in [1.29, 1.82) is 0 Å². The topological polar surface area (TPSA) is 30.7 Å². The summed E-state index contributed by atoms with van der Waals surface area (Å²) < 4.78 is 1.98. The molecular weight excluding hydrogens is 218 g/mol. The molecule has 0 spiro atoms. The molecule has 0 saturated carbocycles. The summed E-state index contributed by atoms with van der Waals surface area (Å²) in [5.41, 5.74) is 0. The average Bonchev–Trinajstić information content (AvgIpc) is 2.46. The van der Waals surface area contributed by atoms with Gasteiger partial charge < -0.3 is 0 Å². The third-order valence-corrected chi connectivity index (χ3v) is 3.34. The van der Waals surface area contributed by atoms with Gasteiger partial charge in [0.15, 0.2) is 0 Å². The number of hydrogen-bond donors (Lipinski definition) is 0. The summed E-state index contributed by atoms with van der Waals surface area (Å²) in [6.45, 7) is 6.26. The maximum absolute atomic E-state index is 5.94. The second-order valence-corrected chi connectivity index (χ2v) is 4.95. The molecule has 80 valence electrons. The molecule has 0 N–H and O–H groups in total. The first-order valence-corrected chi connectivity index (χ1v) is 6.34. The third kappa shape index (κ3) is 2.89. The van der Waals surface area contributed by atoms with E-state index in [4.69, 9.17) is 11.6 Å². The highest BCUT2D eigenvalue weighted by atomic mass is 35.5. The molecule has 1 heterocycles. The van der Waals surface area contributed by atoms with E-state index < -0.39 is 0 Å². The molecule has 0 saturated heterocycles. The van der Waals surface area contributed by atoms with Crippen LogP contribution in [-0.4, -0.2) is 26.3 Å². The number of rotatable bonds is 5. The molecule has 1 rings (SSSR count). The Bertz CT molecular complexity index is 268. The molecule has 0 amide bonds. The van der Waals surface area contributed by atoms with Crippen LogP contribution >= 0.6 is 23.4 Å². The Hall–Kier alpha value is -0.220. The summed E-state index contributed by atoms with van der Waals surface area (Å²) in [5.74, 6) is 3.22. The SMILES string of the molecule is CCSCCC(C)n1c(C)nnc1Cl. The highest BCUT2D eigenvalue weighted by Gasteiger charge is 2.12. The Kier molecular flexibility index (Phi) is 4.75. The van der Waals surface area contributed by atoms with Crippen molar-refractivity contribution in [2.75, 3.05) is 11.5 Å². The largest absolute Gasteiger partial charge is 0.299 e. The van der Waals surface area contributed by atoms with Crippen LogP contribution in [0.15, 0.2) is 0 Å². The highest BCUT2D eigenvalue weighted by molar-refractivity contribution is 7.99. The third-order valence-electron chi connectivity index (χ3n) is 2.15. The van der Waals surface area contributed by atoms with Crippen molar-refractivity contribution in [3.05, 3.63) is 11.1 Å². The van der Waals surface area contributed by atoms with Crippen molar-refractivity contribution in [3.8, 4) is 0 Å². The lowest BCUT2D eigenvalue weighted by Gasteiger charge is -2.14. The fourth-order valence-corrected chi connectivity index (χ4v) is 2.49. The molecule has 0 radical (unpaired) electrons. The molecule has 1 aromatic heterocycles. The Balaban J connectivity index is 2.55. The number of aromatic nitrogens is 3. The van der Waals surface area contributed by atoms with Gasteiger partial charge >= 0.3 is 0 Å². The minimum absolute atomic E-state index is 0.386. The minimum atomic E-state index is 0.386. The van der Waals surface area contributed by atoms with Crippen molar-refractivity contribution < 1.29 is 0 Å². The van der Waals surface area contributed by atoms with Gasteiger partial charge in [0.25, 0.3) is 0 Å². The summed E-state index contributed by atoms with van der Waals surface area (Å²) in [6.07, 6.45) is 1.11. The van der Waals surface area contributed by atoms with Gasteiger partial charge in [-0.25, -0.2) is 0 Å². The van der Waals surface area contributed by atoms with Gasteiger partial charge in [-0.1, -0.05) is 6.92 Å². The Morgan fingerprint density at radius 3 is 2.71 bits per heavy atom. The zero-order valence-electron chi connectivity index (χ0n) is 8.83. The Labute approximate surface area is 94.2 Å². The maximum atomic E-state index is 5.94. The predicted molar refractivity (Wildman–Crippen MR) is 62.1 cm³/mol. The lowest BCUT2D eigenvalue weighted by atomic mass is 10.2. The van der Waals surface area contributed by atoms with E-state index in [9.17, 15) is 0 Å². The number of thioether (sulfide) groups is 1. The van der Waals surface area contributed by atoms with Crippen LogP contribution in [-0.2, 0) is 0 Å². The first kappa shape index (κ1) is 11.9. The Morgan fingerprint density at radius 2 is 2.21 bits per heavy atom. The lowest BCUT2D eigenvalue weighted by molar-refractivity contribution is 0.521. The summed E-state index contributed by atoms with van der Waals surface area (Å²) in [7, 11) is 0. The van der Waals surface area contributed by atoms with Crippen LogP contribution < -0.4 is 0 Å². The van der Waals surface area contributed by atoms with E-state index >= 15 is 0 Å². The van der Waals surface area contributed by atoms with Crippen molar-refractivity contribution in [2.45, 2.75) is 33.2 Å². The molecule has 1 atom stereocenters. The number of nitrogens with zero attached hydrogens (tertiary/aromatic N) is 3. The number of aryl methyl sites for hydroxylation is 1. The van der Waals surface area contributed by atoms with E-state index in [1.807, 2.05) is 23.3 Å². The standard InChI is InChI=1S/C9H16ClN3S/c1-4-14-6-5-7(2)13-8(3)11-12-9(13)10/h7H,4-6H2,1-3H3. The lowest BCUT2D eigenvalue weighted by Crippen LogP contribution is -2.08. The summed E-state index contributed by atoms with van der Waals surface area (Å²) in [6, 6.07) is 0.386. The molecule has 5 heteroatoms. The van der Waals surface area contributed by atoms with Gasteiger partial charge in [-0.15, -0.1) is 10.2 Å². The fraction of sp³-hybridized carbons (Fsp3) is 0.778. The van der Waals surface area contributed by atoms with E-state index in [0.29, 0.717) is 11.3 Å². The van der Waals surface area contributed by atoms with Gasteiger partial charge in [0, 0.05) is 6.04 Å². The van der Waals surface area contributed by atoms with Crippen molar-refractivity contribution in [3.63, 3.8) is 0 Å². The number of hydrogen-bond acceptors (Lipinski definition) is 3. The van der Waals surface area contributed by atoms with Crippen molar-refractivity contribution in [2.24, 2.45) is 0 Å². The van der Waals surface area contributed by atoms with Crippen molar-refractivity contribution in [1.82, 2.24) is 14.8 Å². The second-order valence-electron chi connectivity index (χ2n) is 3.22. The quantitative estimate of drug-likeness (QED) is 0.733. The van der Waals surface area contributed by atoms with Crippen LogP contribution in [0.25, 0.3) is 0 Å². The first-order chi connectivity index (χ1) is 6.66. The smallest absolute Gasteiger partial charge is 0.225 e. The molecule has 0 aliphatic carbocycles. The first-order valence-electron chi connectivity index (χ1n) is 4.81. The monoisotopic (exact) mass is 233 g/mol. The predicted octanol–water partition coefficient (Wildman–Crippen LogP) is 2.94. The molecule has 3 nitrogen and oxygen atoms in total. The fourth-order valence-electron chi connectivity index (χ4n) is 1.37. The summed E-state index contributed by atoms with van der Waals surface area (Å²) in [5, 5.41) is 8.27. The van der Waals surface area contributed by atoms with E-state index in [-0.39, 0.29) is 0 Å². The van der Waals surface area contributed by atoms with Crippen LogP contribution in [0.4, 0.5) is 0 Å². The van der Waals surface area contributed by atoms with Gasteiger partial charge in [0.2, 0.25) is 5.28 Å². The van der Waals surface area contributed by atoms with E-state index in [1.54, 1.807) is 0 Å². The van der Waals surface area contributed by atoms with Gasteiger partial charge in [0.05, 0.1) is 0 Å². The van der Waals surface area contributed by atoms with E-state index in [2.05, 4.69) is 24.0 Å².